The van der Waals surface area contributed by atoms with Crippen LogP contribution in [0.3, 0.4) is 0 Å². The topological polar surface area (TPSA) is 67.9 Å². The number of imidazole rings is 1. The summed E-state index contributed by atoms with van der Waals surface area (Å²) >= 11 is 0. The summed E-state index contributed by atoms with van der Waals surface area (Å²) in [5.41, 5.74) is 0.498. The number of benzene rings is 1. The molecule has 5 nitrogen and oxygen atoms in total. The van der Waals surface area contributed by atoms with Gasteiger partial charge in [-0.15, -0.1) is 0 Å². The predicted molar refractivity (Wildman–Crippen MR) is 64.3 cm³/mol. The summed E-state index contributed by atoms with van der Waals surface area (Å²) in [6, 6.07) is 8.93. The van der Waals surface area contributed by atoms with E-state index in [1.54, 1.807) is 30.5 Å². The highest BCUT2D eigenvalue weighted by molar-refractivity contribution is 5.98. The summed E-state index contributed by atoms with van der Waals surface area (Å²) in [7, 11) is 1.52. The second-order valence-electron chi connectivity index (χ2n) is 3.61. The standard InChI is InChI=1S/C13H11N3O2/c1-18-12-5-3-2-4-10(12)11(17)9-16-7-6-15-13(16)8-14/h2-7H,9H2,1H3. The second kappa shape index (κ2) is 5.15. The molecular formula is C13H11N3O2. The predicted octanol–water partition coefficient (Wildman–Crippen LogP) is 1.65. The minimum Gasteiger partial charge on any atom is -0.496 e. The van der Waals surface area contributed by atoms with Crippen LogP contribution in [-0.2, 0) is 6.54 Å². The zero-order valence-corrected chi connectivity index (χ0v) is 9.83. The molecule has 0 saturated heterocycles. The molecule has 0 unspecified atom stereocenters. The van der Waals surface area contributed by atoms with Crippen molar-refractivity contribution in [3.63, 3.8) is 0 Å². The minimum absolute atomic E-state index is 0.0727. The van der Waals surface area contributed by atoms with Crippen LogP contribution in [0.5, 0.6) is 5.75 Å². The third-order valence-corrected chi connectivity index (χ3v) is 2.54. The van der Waals surface area contributed by atoms with Gasteiger partial charge in [0.2, 0.25) is 5.82 Å². The van der Waals surface area contributed by atoms with Crippen LogP contribution >= 0.6 is 0 Å². The van der Waals surface area contributed by atoms with Crippen LogP contribution in [0.15, 0.2) is 36.7 Å². The molecule has 2 aromatic rings. The van der Waals surface area contributed by atoms with Crippen molar-refractivity contribution in [2.24, 2.45) is 0 Å². The molecule has 0 amide bonds. The first-order valence-electron chi connectivity index (χ1n) is 5.33. The fourth-order valence-electron chi connectivity index (χ4n) is 1.66. The van der Waals surface area contributed by atoms with E-state index in [4.69, 9.17) is 10.00 Å². The quantitative estimate of drug-likeness (QED) is 0.763. The molecule has 2 rings (SSSR count). The summed E-state index contributed by atoms with van der Waals surface area (Å²) in [6.45, 7) is 0.0727. The van der Waals surface area contributed by atoms with Crippen LogP contribution in [0.4, 0.5) is 0 Å². The first-order chi connectivity index (χ1) is 8.76. The average Bonchev–Trinajstić information content (AvgIpc) is 2.85. The number of nitriles is 1. The maximum absolute atomic E-state index is 12.1. The molecule has 0 aliphatic carbocycles. The molecule has 0 bridgehead atoms. The number of methoxy groups -OCH3 is 1. The highest BCUT2D eigenvalue weighted by atomic mass is 16.5. The SMILES string of the molecule is COc1ccccc1C(=O)Cn1ccnc1C#N. The van der Waals surface area contributed by atoms with Crippen molar-refractivity contribution in [2.75, 3.05) is 7.11 Å². The van der Waals surface area contributed by atoms with Crippen LogP contribution in [0.2, 0.25) is 0 Å². The number of aromatic nitrogens is 2. The highest BCUT2D eigenvalue weighted by Crippen LogP contribution is 2.18. The van der Waals surface area contributed by atoms with E-state index in [1.165, 1.54) is 17.9 Å². The molecule has 0 aliphatic heterocycles. The molecule has 1 aromatic carbocycles. The van der Waals surface area contributed by atoms with E-state index in [1.807, 2.05) is 6.07 Å². The first-order valence-corrected chi connectivity index (χ1v) is 5.33. The third kappa shape index (κ3) is 2.23. The zero-order valence-electron chi connectivity index (χ0n) is 9.83. The summed E-state index contributed by atoms with van der Waals surface area (Å²) < 4.78 is 6.64. The van der Waals surface area contributed by atoms with Crippen molar-refractivity contribution in [3.8, 4) is 11.8 Å². The summed E-state index contributed by atoms with van der Waals surface area (Å²) in [6.07, 6.45) is 3.10. The Kier molecular flexibility index (Phi) is 3.39. The molecule has 0 N–H and O–H groups in total. The first kappa shape index (κ1) is 11.9. The van der Waals surface area contributed by atoms with Gasteiger partial charge in [0.25, 0.3) is 0 Å². The monoisotopic (exact) mass is 241 g/mol. The molecule has 0 aliphatic rings. The second-order valence-corrected chi connectivity index (χ2v) is 3.61. The normalized spacial score (nSPS) is 9.78. The molecule has 1 aromatic heterocycles. The molecule has 0 atom stereocenters. The number of hydrogen-bond acceptors (Lipinski definition) is 4. The number of Topliss-reactive ketones (excluding diaryl/α,β-unsaturated/α-hetero) is 1. The Bertz CT molecular complexity index is 611. The Morgan fingerprint density at radius 3 is 3.00 bits per heavy atom. The van der Waals surface area contributed by atoms with E-state index < -0.39 is 0 Å². The van der Waals surface area contributed by atoms with Gasteiger partial charge in [0.1, 0.15) is 11.8 Å². The molecule has 5 heteroatoms. The van der Waals surface area contributed by atoms with Crippen LogP contribution < -0.4 is 4.74 Å². The minimum atomic E-state index is -0.123. The van der Waals surface area contributed by atoms with Crippen LogP contribution in [-0.4, -0.2) is 22.4 Å². The summed E-state index contributed by atoms with van der Waals surface area (Å²) in [4.78, 5) is 16.0. The van der Waals surface area contributed by atoms with Crippen molar-refractivity contribution >= 4 is 5.78 Å². The zero-order chi connectivity index (χ0) is 13.0. The smallest absolute Gasteiger partial charge is 0.213 e. The van der Waals surface area contributed by atoms with E-state index in [-0.39, 0.29) is 18.2 Å². The Morgan fingerprint density at radius 1 is 1.50 bits per heavy atom. The lowest BCUT2D eigenvalue weighted by Gasteiger charge is -2.07. The lowest BCUT2D eigenvalue weighted by molar-refractivity contribution is 0.0969. The van der Waals surface area contributed by atoms with Gasteiger partial charge >= 0.3 is 0 Å². The lowest BCUT2D eigenvalue weighted by atomic mass is 10.1. The van der Waals surface area contributed by atoms with Gasteiger partial charge in [0, 0.05) is 12.4 Å². The van der Waals surface area contributed by atoms with Gasteiger partial charge in [-0.05, 0) is 12.1 Å². The van der Waals surface area contributed by atoms with E-state index in [9.17, 15) is 4.79 Å². The molecule has 0 spiro atoms. The fourth-order valence-corrected chi connectivity index (χ4v) is 1.66. The summed E-state index contributed by atoms with van der Waals surface area (Å²) in [5, 5.41) is 8.82. The number of ketones is 1. The Labute approximate surface area is 104 Å². The van der Waals surface area contributed by atoms with Crippen LogP contribution in [0.1, 0.15) is 16.2 Å². The molecule has 18 heavy (non-hydrogen) atoms. The number of hydrogen-bond donors (Lipinski definition) is 0. The molecule has 1 heterocycles. The van der Waals surface area contributed by atoms with E-state index in [0.717, 1.165) is 0 Å². The number of rotatable bonds is 4. The molecule has 0 fully saturated rings. The Morgan fingerprint density at radius 2 is 2.28 bits per heavy atom. The number of nitrogens with zero attached hydrogens (tertiary/aromatic N) is 3. The van der Waals surface area contributed by atoms with Gasteiger partial charge in [0.05, 0.1) is 19.2 Å². The van der Waals surface area contributed by atoms with Gasteiger partial charge in [-0.2, -0.15) is 5.26 Å². The van der Waals surface area contributed by atoms with Gasteiger partial charge < -0.3 is 9.30 Å². The van der Waals surface area contributed by atoms with Crippen LogP contribution in [0, 0.1) is 11.3 Å². The summed E-state index contributed by atoms with van der Waals surface area (Å²) in [5.74, 6) is 0.626. The molecule has 90 valence electrons. The fraction of sp³-hybridized carbons (Fsp3) is 0.154. The largest absolute Gasteiger partial charge is 0.496 e. The van der Waals surface area contributed by atoms with Crippen molar-refractivity contribution < 1.29 is 9.53 Å². The number of carbonyl (C=O) groups excluding carboxylic acids is 1. The number of carbonyl (C=O) groups is 1. The van der Waals surface area contributed by atoms with E-state index >= 15 is 0 Å². The molecule has 0 radical (unpaired) electrons. The van der Waals surface area contributed by atoms with Gasteiger partial charge in [-0.25, -0.2) is 4.98 Å². The molecule has 0 saturated carbocycles. The highest BCUT2D eigenvalue weighted by Gasteiger charge is 2.13. The third-order valence-electron chi connectivity index (χ3n) is 2.54. The molecular weight excluding hydrogens is 230 g/mol. The Hall–Kier alpha value is -2.61. The van der Waals surface area contributed by atoms with Gasteiger partial charge in [-0.3, -0.25) is 4.79 Å². The maximum Gasteiger partial charge on any atom is 0.213 e. The van der Waals surface area contributed by atoms with Gasteiger partial charge in [-0.1, -0.05) is 12.1 Å². The number of ether oxygens (including phenoxy) is 1. The van der Waals surface area contributed by atoms with Crippen molar-refractivity contribution in [1.29, 1.82) is 5.26 Å². The van der Waals surface area contributed by atoms with Crippen molar-refractivity contribution in [2.45, 2.75) is 6.54 Å². The van der Waals surface area contributed by atoms with Crippen molar-refractivity contribution in [1.82, 2.24) is 9.55 Å². The lowest BCUT2D eigenvalue weighted by Crippen LogP contribution is -2.12. The number of para-hydroxylation sites is 1. The van der Waals surface area contributed by atoms with E-state index in [2.05, 4.69) is 4.98 Å². The average molecular weight is 241 g/mol. The Balaban J connectivity index is 2.25. The van der Waals surface area contributed by atoms with Crippen LogP contribution in [0.25, 0.3) is 0 Å². The van der Waals surface area contributed by atoms with E-state index in [0.29, 0.717) is 11.3 Å². The maximum atomic E-state index is 12.1. The van der Waals surface area contributed by atoms with Gasteiger partial charge in [0.15, 0.2) is 5.78 Å². The van der Waals surface area contributed by atoms with Crippen molar-refractivity contribution in [3.05, 3.63) is 48.0 Å².